The van der Waals surface area contributed by atoms with Gasteiger partial charge < -0.3 is 14.2 Å². The number of esters is 2. The summed E-state index contributed by atoms with van der Waals surface area (Å²) in [6.45, 7) is 10.5. The summed E-state index contributed by atoms with van der Waals surface area (Å²) in [4.78, 5) is 28.1. The molecule has 1 unspecified atom stereocenters. The third kappa shape index (κ3) is 4.42. The molecular weight excluding hydrogens is 357 g/mol. The van der Waals surface area contributed by atoms with E-state index < -0.39 is 27.9 Å². The zero-order valence-electron chi connectivity index (χ0n) is 14.7. The van der Waals surface area contributed by atoms with E-state index in [0.29, 0.717) is 0 Å². The predicted molar refractivity (Wildman–Crippen MR) is 92.5 cm³/mol. The predicted octanol–water partition coefficient (Wildman–Crippen LogP) is 3.20. The van der Waals surface area contributed by atoms with Gasteiger partial charge in [-0.05, 0) is 41.5 Å². The van der Waals surface area contributed by atoms with Gasteiger partial charge in [0, 0.05) is 0 Å². The average molecular weight is 380 g/mol. The summed E-state index contributed by atoms with van der Waals surface area (Å²) >= 11 is 12.1. The van der Waals surface area contributed by atoms with Gasteiger partial charge in [0.2, 0.25) is 5.90 Å². The van der Waals surface area contributed by atoms with Crippen molar-refractivity contribution in [3.8, 4) is 0 Å². The van der Waals surface area contributed by atoms with Crippen LogP contribution in [0.2, 0.25) is 0 Å². The van der Waals surface area contributed by atoms with Gasteiger partial charge in [-0.15, -0.1) is 23.2 Å². The molecule has 0 aromatic carbocycles. The Hall–Kier alpha value is -1.27. The molecule has 0 saturated carbocycles. The second-order valence-corrected chi connectivity index (χ2v) is 7.38. The Labute approximate surface area is 152 Å². The van der Waals surface area contributed by atoms with Crippen LogP contribution in [0, 0.1) is 0 Å². The van der Waals surface area contributed by atoms with E-state index in [1.807, 2.05) is 20.8 Å². The van der Waals surface area contributed by atoms with Crippen LogP contribution in [0.5, 0.6) is 0 Å². The molecule has 0 spiro atoms. The Morgan fingerprint density at radius 1 is 1.17 bits per heavy atom. The number of hydrogen-bond donors (Lipinski definition) is 0. The Morgan fingerprint density at radius 2 is 1.67 bits per heavy atom. The molecule has 6 nitrogen and oxygen atoms in total. The van der Waals surface area contributed by atoms with Gasteiger partial charge >= 0.3 is 11.9 Å². The minimum atomic E-state index is -1.47. The first-order valence-electron chi connectivity index (χ1n) is 7.64. The van der Waals surface area contributed by atoms with Gasteiger partial charge in [0.25, 0.3) is 0 Å². The van der Waals surface area contributed by atoms with Crippen LogP contribution in [0.15, 0.2) is 16.1 Å². The highest BCUT2D eigenvalue weighted by atomic mass is 35.5. The molecule has 1 aliphatic heterocycles. The zero-order valence-corrected chi connectivity index (χ0v) is 16.2. The SMILES string of the molecule is CCOC(=O)C1=C(C(=O)OCC)C(C)(C(Cl)Cl)OC1=NC(C)(C)C. The number of ether oxygens (including phenoxy) is 3. The van der Waals surface area contributed by atoms with Gasteiger partial charge in [-0.25, -0.2) is 14.6 Å². The van der Waals surface area contributed by atoms with Crippen molar-refractivity contribution in [3.05, 3.63) is 11.1 Å². The smallest absolute Gasteiger partial charge is 0.344 e. The molecule has 0 radical (unpaired) electrons. The number of alkyl halides is 2. The molecule has 1 atom stereocenters. The zero-order chi connectivity index (χ0) is 18.7. The van der Waals surface area contributed by atoms with Crippen LogP contribution in [0.25, 0.3) is 0 Å². The molecule has 0 amide bonds. The van der Waals surface area contributed by atoms with E-state index in [0.717, 1.165) is 0 Å². The second kappa shape index (κ2) is 7.74. The number of aliphatic imine (C=N–C) groups is 1. The first-order chi connectivity index (χ1) is 11.0. The van der Waals surface area contributed by atoms with Gasteiger partial charge in [-0.3, -0.25) is 0 Å². The number of hydrogen-bond acceptors (Lipinski definition) is 6. The number of nitrogens with zero attached hydrogens (tertiary/aromatic N) is 1. The summed E-state index contributed by atoms with van der Waals surface area (Å²) in [7, 11) is 0. The molecule has 136 valence electrons. The molecule has 1 heterocycles. The normalized spacial score (nSPS) is 22.8. The summed E-state index contributed by atoms with van der Waals surface area (Å²) in [5.41, 5.74) is -2.21. The van der Waals surface area contributed by atoms with Crippen LogP contribution in [0.3, 0.4) is 0 Å². The fourth-order valence-electron chi connectivity index (χ4n) is 2.10. The van der Waals surface area contributed by atoms with Gasteiger partial charge in [-0.1, -0.05) is 0 Å². The van der Waals surface area contributed by atoms with Crippen molar-refractivity contribution in [3.63, 3.8) is 0 Å². The van der Waals surface area contributed by atoms with E-state index in [2.05, 4.69) is 4.99 Å². The topological polar surface area (TPSA) is 74.2 Å². The van der Waals surface area contributed by atoms with Gasteiger partial charge in [0.15, 0.2) is 10.4 Å². The first kappa shape index (κ1) is 20.8. The number of carbonyl (C=O) groups excluding carboxylic acids is 2. The molecule has 24 heavy (non-hydrogen) atoms. The van der Waals surface area contributed by atoms with Crippen LogP contribution < -0.4 is 0 Å². The highest BCUT2D eigenvalue weighted by Crippen LogP contribution is 2.41. The molecule has 8 heteroatoms. The highest BCUT2D eigenvalue weighted by Gasteiger charge is 2.53. The molecular formula is C16H23Cl2NO5. The van der Waals surface area contributed by atoms with Crippen molar-refractivity contribution >= 4 is 41.0 Å². The molecule has 0 aliphatic carbocycles. The molecule has 1 rings (SSSR count). The van der Waals surface area contributed by atoms with E-state index >= 15 is 0 Å². The van der Waals surface area contributed by atoms with E-state index in [1.54, 1.807) is 13.8 Å². The average Bonchev–Trinajstić information content (AvgIpc) is 2.71. The maximum atomic E-state index is 12.5. The molecule has 0 aromatic rings. The summed E-state index contributed by atoms with van der Waals surface area (Å²) in [6, 6.07) is 0. The van der Waals surface area contributed by atoms with Gasteiger partial charge in [0.05, 0.1) is 18.8 Å². The van der Waals surface area contributed by atoms with Crippen molar-refractivity contribution in [2.24, 2.45) is 4.99 Å². The quantitative estimate of drug-likeness (QED) is 0.541. The number of carbonyl (C=O) groups is 2. The number of halogens is 2. The van der Waals surface area contributed by atoms with Crippen molar-refractivity contribution in [1.29, 1.82) is 0 Å². The fraction of sp³-hybridized carbons (Fsp3) is 0.688. The van der Waals surface area contributed by atoms with Crippen molar-refractivity contribution < 1.29 is 23.8 Å². The third-order valence-corrected chi connectivity index (χ3v) is 3.91. The maximum Gasteiger partial charge on any atom is 0.344 e. The van der Waals surface area contributed by atoms with Crippen LogP contribution in [0.4, 0.5) is 0 Å². The molecule has 0 saturated heterocycles. The van der Waals surface area contributed by atoms with Crippen LogP contribution >= 0.6 is 23.2 Å². The largest absolute Gasteiger partial charge is 0.463 e. The molecule has 0 N–H and O–H groups in total. The standard InChI is InChI=1S/C16H23Cl2NO5/c1-7-22-12(20)9-10(13(21)23-8-2)16(6,14(17)18)24-11(9)19-15(3,4)5/h14H,7-8H2,1-6H3. The molecule has 0 bridgehead atoms. The van der Waals surface area contributed by atoms with E-state index in [1.165, 1.54) is 6.92 Å². The van der Waals surface area contributed by atoms with Crippen LogP contribution in [-0.2, 0) is 23.8 Å². The highest BCUT2D eigenvalue weighted by molar-refractivity contribution is 6.46. The molecule has 1 aliphatic rings. The van der Waals surface area contributed by atoms with E-state index in [4.69, 9.17) is 37.4 Å². The van der Waals surface area contributed by atoms with Crippen molar-refractivity contribution in [1.82, 2.24) is 0 Å². The Morgan fingerprint density at radius 3 is 2.08 bits per heavy atom. The van der Waals surface area contributed by atoms with Crippen LogP contribution in [-0.4, -0.2) is 47.0 Å². The fourth-order valence-corrected chi connectivity index (χ4v) is 2.40. The lowest BCUT2D eigenvalue weighted by Crippen LogP contribution is -2.39. The summed E-state index contributed by atoms with van der Waals surface area (Å²) in [5.74, 6) is -1.51. The van der Waals surface area contributed by atoms with Gasteiger partial charge in [0.1, 0.15) is 11.1 Å². The minimum absolute atomic E-state index is 0.0298. The Balaban J connectivity index is 3.65. The molecule has 0 fully saturated rings. The lowest BCUT2D eigenvalue weighted by atomic mass is 9.95. The van der Waals surface area contributed by atoms with E-state index in [9.17, 15) is 9.59 Å². The van der Waals surface area contributed by atoms with Crippen molar-refractivity contribution in [2.45, 2.75) is 57.5 Å². The first-order valence-corrected chi connectivity index (χ1v) is 8.51. The summed E-state index contributed by atoms with van der Waals surface area (Å²) < 4.78 is 15.9. The second-order valence-electron chi connectivity index (χ2n) is 6.29. The van der Waals surface area contributed by atoms with E-state index in [-0.39, 0.29) is 30.3 Å². The maximum absolute atomic E-state index is 12.5. The third-order valence-electron chi connectivity index (χ3n) is 3.08. The Kier molecular flexibility index (Phi) is 6.70. The summed E-state index contributed by atoms with van der Waals surface area (Å²) in [5, 5.41) is 0. The Bertz CT molecular complexity index is 578. The lowest BCUT2D eigenvalue weighted by molar-refractivity contribution is -0.142. The van der Waals surface area contributed by atoms with Crippen LogP contribution in [0.1, 0.15) is 41.5 Å². The van der Waals surface area contributed by atoms with Crippen molar-refractivity contribution in [2.75, 3.05) is 13.2 Å². The molecule has 0 aromatic heterocycles. The monoisotopic (exact) mass is 379 g/mol. The lowest BCUT2D eigenvalue weighted by Gasteiger charge is -2.27. The summed E-state index contributed by atoms with van der Waals surface area (Å²) in [6.07, 6.45) is 0. The number of rotatable bonds is 5. The van der Waals surface area contributed by atoms with Gasteiger partial charge in [-0.2, -0.15) is 0 Å². The minimum Gasteiger partial charge on any atom is -0.463 e.